The van der Waals surface area contributed by atoms with E-state index in [1.54, 1.807) is 0 Å². The molecule has 0 radical (unpaired) electrons. The van der Waals surface area contributed by atoms with Crippen LogP contribution in [-0.4, -0.2) is 0 Å². The molecule has 3 aromatic carbocycles. The van der Waals surface area contributed by atoms with Crippen molar-refractivity contribution in [3.8, 4) is 17.2 Å². The molecule has 0 heterocycles. The lowest BCUT2D eigenvalue weighted by Gasteiger charge is -2.20. The Kier molecular flexibility index (Phi) is 7.43. The molecular formula is C21H18Br3O3P. The summed E-state index contributed by atoms with van der Waals surface area (Å²) in [5.74, 6) is 1.97. The first-order chi connectivity index (χ1) is 13.3. The first-order valence-electron chi connectivity index (χ1n) is 8.44. The third kappa shape index (κ3) is 5.73. The van der Waals surface area contributed by atoms with Crippen molar-refractivity contribution in [1.29, 1.82) is 0 Å². The summed E-state index contributed by atoms with van der Waals surface area (Å²) >= 11 is 10.7. The number of hydrogen-bond acceptors (Lipinski definition) is 3. The lowest BCUT2D eigenvalue weighted by atomic mass is 10.2. The summed E-state index contributed by atoms with van der Waals surface area (Å²) in [6, 6.07) is 17.6. The van der Waals surface area contributed by atoms with E-state index in [-0.39, 0.29) is 0 Å². The Bertz CT molecular complexity index is 867. The van der Waals surface area contributed by atoms with Crippen LogP contribution in [0.4, 0.5) is 0 Å². The van der Waals surface area contributed by atoms with E-state index in [1.165, 1.54) is 0 Å². The third-order valence-electron chi connectivity index (χ3n) is 3.78. The minimum atomic E-state index is -1.76. The Hall–Kier alpha value is -1.07. The molecule has 0 aromatic heterocycles. The monoisotopic (exact) mass is 586 g/mol. The Morgan fingerprint density at radius 3 is 1.07 bits per heavy atom. The fourth-order valence-corrected chi connectivity index (χ4v) is 5.51. The Labute approximate surface area is 191 Å². The number of benzene rings is 3. The van der Waals surface area contributed by atoms with Gasteiger partial charge < -0.3 is 13.6 Å². The van der Waals surface area contributed by atoms with Crippen molar-refractivity contribution in [2.75, 3.05) is 0 Å². The average Bonchev–Trinajstić information content (AvgIpc) is 2.62. The van der Waals surface area contributed by atoms with Crippen LogP contribution >= 0.6 is 56.4 Å². The standard InChI is InChI=1S/C21H18Br3O3P/c1-13-4-7-19(16(22)10-13)25-28(26-20-8-5-14(2)11-17(20)23)27-21-9-6-15(3)12-18(21)24/h4-12H,1-3H3. The first-order valence-corrected chi connectivity index (χ1v) is 11.9. The molecule has 3 nitrogen and oxygen atoms in total. The molecule has 28 heavy (non-hydrogen) atoms. The quantitative estimate of drug-likeness (QED) is 0.270. The number of aryl methyl sites for hydroxylation is 3. The summed E-state index contributed by atoms with van der Waals surface area (Å²) in [5.41, 5.74) is 3.40. The predicted molar refractivity (Wildman–Crippen MR) is 125 cm³/mol. The summed E-state index contributed by atoms with van der Waals surface area (Å²) in [7, 11) is -1.76. The topological polar surface area (TPSA) is 27.7 Å². The van der Waals surface area contributed by atoms with Crippen molar-refractivity contribution in [1.82, 2.24) is 0 Å². The lowest BCUT2D eigenvalue weighted by molar-refractivity contribution is 0.385. The van der Waals surface area contributed by atoms with E-state index < -0.39 is 8.60 Å². The average molecular weight is 589 g/mol. The van der Waals surface area contributed by atoms with Gasteiger partial charge in [-0.05, 0) is 122 Å². The second-order valence-corrected chi connectivity index (χ2v) is 9.86. The van der Waals surface area contributed by atoms with Crippen LogP contribution < -0.4 is 13.6 Å². The summed E-state index contributed by atoms with van der Waals surface area (Å²) in [5, 5.41) is 0. The van der Waals surface area contributed by atoms with Crippen molar-refractivity contribution in [2.24, 2.45) is 0 Å². The van der Waals surface area contributed by atoms with Crippen molar-refractivity contribution in [2.45, 2.75) is 20.8 Å². The highest BCUT2D eigenvalue weighted by atomic mass is 79.9. The van der Waals surface area contributed by atoms with Gasteiger partial charge in [-0.1, -0.05) is 18.2 Å². The van der Waals surface area contributed by atoms with Gasteiger partial charge in [-0.15, -0.1) is 0 Å². The molecule has 0 fully saturated rings. The Balaban J connectivity index is 1.90. The van der Waals surface area contributed by atoms with Crippen molar-refractivity contribution in [3.05, 3.63) is 84.7 Å². The van der Waals surface area contributed by atoms with E-state index in [9.17, 15) is 0 Å². The van der Waals surface area contributed by atoms with Gasteiger partial charge in [0.2, 0.25) is 0 Å². The Morgan fingerprint density at radius 1 is 0.536 bits per heavy atom. The highest BCUT2D eigenvalue weighted by molar-refractivity contribution is 9.11. The largest absolute Gasteiger partial charge is 0.530 e. The van der Waals surface area contributed by atoms with Gasteiger partial charge in [0.15, 0.2) is 0 Å². The van der Waals surface area contributed by atoms with Gasteiger partial charge in [-0.25, -0.2) is 0 Å². The molecule has 0 saturated carbocycles. The predicted octanol–water partition coefficient (Wildman–Crippen LogP) is 8.66. The molecule has 0 aliphatic heterocycles. The van der Waals surface area contributed by atoms with E-state index in [0.29, 0.717) is 17.2 Å². The zero-order valence-corrected chi connectivity index (χ0v) is 21.2. The summed E-state index contributed by atoms with van der Waals surface area (Å²) in [6.45, 7) is 6.07. The normalized spacial score (nSPS) is 10.8. The van der Waals surface area contributed by atoms with Gasteiger partial charge in [-0.2, -0.15) is 0 Å². The van der Waals surface area contributed by atoms with Crippen LogP contribution in [0.1, 0.15) is 16.7 Å². The fraction of sp³-hybridized carbons (Fsp3) is 0.143. The van der Waals surface area contributed by atoms with Crippen LogP contribution in [0.25, 0.3) is 0 Å². The van der Waals surface area contributed by atoms with Crippen LogP contribution in [0.15, 0.2) is 68.0 Å². The van der Waals surface area contributed by atoms with Crippen molar-refractivity contribution >= 4 is 56.4 Å². The molecule has 146 valence electrons. The number of rotatable bonds is 6. The highest BCUT2D eigenvalue weighted by Crippen LogP contribution is 2.47. The minimum Gasteiger partial charge on any atom is -0.407 e. The van der Waals surface area contributed by atoms with Gasteiger partial charge in [0.1, 0.15) is 17.2 Å². The van der Waals surface area contributed by atoms with E-state index in [1.807, 2.05) is 75.4 Å². The lowest BCUT2D eigenvalue weighted by Crippen LogP contribution is -2.03. The smallest absolute Gasteiger partial charge is 0.407 e. The summed E-state index contributed by atoms with van der Waals surface area (Å²) in [4.78, 5) is 0. The van der Waals surface area contributed by atoms with Gasteiger partial charge in [0.25, 0.3) is 0 Å². The molecule has 0 saturated heterocycles. The molecule has 0 spiro atoms. The molecule has 0 bridgehead atoms. The maximum atomic E-state index is 6.11. The van der Waals surface area contributed by atoms with E-state index >= 15 is 0 Å². The maximum absolute atomic E-state index is 6.11. The van der Waals surface area contributed by atoms with Crippen molar-refractivity contribution in [3.63, 3.8) is 0 Å². The van der Waals surface area contributed by atoms with Crippen molar-refractivity contribution < 1.29 is 13.6 Å². The molecule has 7 heteroatoms. The zero-order valence-electron chi connectivity index (χ0n) is 15.5. The van der Waals surface area contributed by atoms with Crippen LogP contribution in [0.3, 0.4) is 0 Å². The zero-order chi connectivity index (χ0) is 20.3. The minimum absolute atomic E-state index is 0.656. The van der Waals surface area contributed by atoms with E-state index in [2.05, 4.69) is 47.8 Å². The molecule has 3 rings (SSSR count). The highest BCUT2D eigenvalue weighted by Gasteiger charge is 2.23. The fourth-order valence-electron chi connectivity index (χ4n) is 2.34. The first kappa shape index (κ1) is 21.6. The van der Waals surface area contributed by atoms with Crippen LogP contribution in [0.2, 0.25) is 0 Å². The molecule has 0 unspecified atom stereocenters. The van der Waals surface area contributed by atoms with Crippen LogP contribution in [0, 0.1) is 20.8 Å². The number of halogens is 3. The molecule has 3 aromatic rings. The second kappa shape index (κ2) is 9.62. The van der Waals surface area contributed by atoms with Gasteiger partial charge in [0, 0.05) is 0 Å². The molecular weight excluding hydrogens is 571 g/mol. The van der Waals surface area contributed by atoms with Gasteiger partial charge in [0.05, 0.1) is 13.4 Å². The van der Waals surface area contributed by atoms with E-state index in [0.717, 1.165) is 30.1 Å². The van der Waals surface area contributed by atoms with Crippen LogP contribution in [0.5, 0.6) is 17.2 Å². The Morgan fingerprint density at radius 2 is 0.821 bits per heavy atom. The molecule has 0 aliphatic carbocycles. The van der Waals surface area contributed by atoms with Gasteiger partial charge >= 0.3 is 8.60 Å². The third-order valence-corrected chi connectivity index (χ3v) is 6.68. The maximum Gasteiger partial charge on any atom is 0.530 e. The SMILES string of the molecule is Cc1ccc(OP(Oc2ccc(C)cc2Br)Oc2ccc(C)cc2Br)c(Br)c1. The summed E-state index contributed by atoms with van der Waals surface area (Å²) < 4.78 is 20.9. The summed E-state index contributed by atoms with van der Waals surface area (Å²) in [6.07, 6.45) is 0. The molecule has 0 amide bonds. The second-order valence-electron chi connectivity index (χ2n) is 6.30. The van der Waals surface area contributed by atoms with E-state index in [4.69, 9.17) is 13.6 Å². The number of hydrogen-bond donors (Lipinski definition) is 0. The van der Waals surface area contributed by atoms with Gasteiger partial charge in [-0.3, -0.25) is 0 Å². The molecule has 0 atom stereocenters. The van der Waals surface area contributed by atoms with Crippen LogP contribution in [-0.2, 0) is 0 Å². The molecule has 0 N–H and O–H groups in total. The molecule has 0 aliphatic rings.